The number of nitrogens with zero attached hydrogens (tertiary/aromatic N) is 5. The molecule has 0 radical (unpaired) electrons. The van der Waals surface area contributed by atoms with E-state index in [2.05, 4.69) is 58.8 Å². The highest BCUT2D eigenvalue weighted by molar-refractivity contribution is 5.39. The van der Waals surface area contributed by atoms with Crippen LogP contribution in [0.25, 0.3) is 0 Å². The first-order valence-electron chi connectivity index (χ1n) is 8.96. The van der Waals surface area contributed by atoms with E-state index in [0.717, 1.165) is 38.5 Å². The summed E-state index contributed by atoms with van der Waals surface area (Å²) in [6, 6.07) is 5.13. The Balaban J connectivity index is 1.50. The van der Waals surface area contributed by atoms with Crippen LogP contribution in [0.3, 0.4) is 0 Å². The van der Waals surface area contributed by atoms with Crippen LogP contribution >= 0.6 is 0 Å². The standard InChI is InChI=1S/C18H31N5/c1-16(2)22-12-8-21(9-13-22)15-17-4-5-18(19-14-17)23-10-6-20(3)7-11-23/h4-5,14,16H,6-13,15H2,1-3H3. The third-order valence-electron chi connectivity index (χ3n) is 5.18. The minimum Gasteiger partial charge on any atom is -0.354 e. The normalized spacial score (nSPS) is 22.0. The maximum absolute atomic E-state index is 4.71. The van der Waals surface area contributed by atoms with Crippen molar-refractivity contribution in [3.63, 3.8) is 0 Å². The van der Waals surface area contributed by atoms with Gasteiger partial charge in [-0.15, -0.1) is 0 Å². The molecule has 0 N–H and O–H groups in total. The number of aromatic nitrogens is 1. The average molecular weight is 317 g/mol. The Labute approximate surface area is 140 Å². The summed E-state index contributed by atoms with van der Waals surface area (Å²) in [4.78, 5) is 14.6. The summed E-state index contributed by atoms with van der Waals surface area (Å²) in [7, 11) is 2.19. The summed E-state index contributed by atoms with van der Waals surface area (Å²) in [6.45, 7) is 14.7. The molecular formula is C18H31N5. The molecule has 5 nitrogen and oxygen atoms in total. The van der Waals surface area contributed by atoms with Crippen molar-refractivity contribution in [2.24, 2.45) is 0 Å². The lowest BCUT2D eigenvalue weighted by Crippen LogP contribution is -2.48. The Morgan fingerprint density at radius 1 is 0.957 bits per heavy atom. The molecule has 2 saturated heterocycles. The summed E-state index contributed by atoms with van der Waals surface area (Å²) in [5, 5.41) is 0. The Morgan fingerprint density at radius 3 is 2.22 bits per heavy atom. The monoisotopic (exact) mass is 317 g/mol. The zero-order valence-corrected chi connectivity index (χ0v) is 14.9. The number of likely N-dealkylation sites (N-methyl/N-ethyl adjacent to an activating group) is 1. The first kappa shape index (κ1) is 16.7. The molecule has 0 atom stereocenters. The molecule has 0 spiro atoms. The number of rotatable bonds is 4. The molecule has 2 aliphatic heterocycles. The van der Waals surface area contributed by atoms with Crippen molar-refractivity contribution >= 4 is 5.82 Å². The first-order valence-corrected chi connectivity index (χ1v) is 8.96. The van der Waals surface area contributed by atoms with Gasteiger partial charge in [-0.3, -0.25) is 9.80 Å². The average Bonchev–Trinajstić information content (AvgIpc) is 2.57. The van der Waals surface area contributed by atoms with Gasteiger partial charge in [0.2, 0.25) is 0 Å². The Kier molecular flexibility index (Phi) is 5.51. The van der Waals surface area contributed by atoms with Crippen molar-refractivity contribution in [1.29, 1.82) is 0 Å². The predicted octanol–water partition coefficient (Wildman–Crippen LogP) is 1.36. The van der Waals surface area contributed by atoms with E-state index in [1.807, 2.05) is 0 Å². The molecule has 128 valence electrons. The van der Waals surface area contributed by atoms with Gasteiger partial charge in [0.1, 0.15) is 5.82 Å². The molecule has 0 aliphatic carbocycles. The van der Waals surface area contributed by atoms with Gasteiger partial charge in [-0.05, 0) is 32.5 Å². The van der Waals surface area contributed by atoms with Gasteiger partial charge in [-0.1, -0.05) is 6.07 Å². The second kappa shape index (κ2) is 7.60. The van der Waals surface area contributed by atoms with Gasteiger partial charge in [0.15, 0.2) is 0 Å². The van der Waals surface area contributed by atoms with Crippen LogP contribution < -0.4 is 4.90 Å². The highest BCUT2D eigenvalue weighted by Crippen LogP contribution is 2.15. The highest BCUT2D eigenvalue weighted by Gasteiger charge is 2.19. The molecule has 23 heavy (non-hydrogen) atoms. The fraction of sp³-hybridized carbons (Fsp3) is 0.722. The molecule has 0 bridgehead atoms. The quantitative estimate of drug-likeness (QED) is 0.835. The largest absolute Gasteiger partial charge is 0.354 e. The lowest BCUT2D eigenvalue weighted by atomic mass is 10.2. The van der Waals surface area contributed by atoms with E-state index in [1.54, 1.807) is 0 Å². The van der Waals surface area contributed by atoms with Crippen LogP contribution in [0.2, 0.25) is 0 Å². The van der Waals surface area contributed by atoms with E-state index < -0.39 is 0 Å². The van der Waals surface area contributed by atoms with E-state index in [1.165, 1.54) is 31.7 Å². The molecule has 0 saturated carbocycles. The van der Waals surface area contributed by atoms with Gasteiger partial charge in [0, 0.05) is 71.1 Å². The molecule has 3 heterocycles. The molecule has 0 amide bonds. The number of hydrogen-bond donors (Lipinski definition) is 0. The second-order valence-electron chi connectivity index (χ2n) is 7.22. The fourth-order valence-electron chi connectivity index (χ4n) is 3.43. The minimum absolute atomic E-state index is 0.668. The van der Waals surface area contributed by atoms with Crippen molar-refractivity contribution in [3.8, 4) is 0 Å². The van der Waals surface area contributed by atoms with E-state index >= 15 is 0 Å². The zero-order chi connectivity index (χ0) is 16.2. The molecule has 1 aromatic rings. The van der Waals surface area contributed by atoms with Gasteiger partial charge in [0.05, 0.1) is 0 Å². The van der Waals surface area contributed by atoms with Gasteiger partial charge in [0.25, 0.3) is 0 Å². The molecule has 3 rings (SSSR count). The van der Waals surface area contributed by atoms with Gasteiger partial charge >= 0.3 is 0 Å². The van der Waals surface area contributed by atoms with Crippen LogP contribution in [-0.2, 0) is 6.54 Å². The smallest absolute Gasteiger partial charge is 0.128 e. The first-order chi connectivity index (χ1) is 11.1. The van der Waals surface area contributed by atoms with E-state index in [-0.39, 0.29) is 0 Å². The van der Waals surface area contributed by atoms with Gasteiger partial charge in [-0.25, -0.2) is 4.98 Å². The second-order valence-corrected chi connectivity index (χ2v) is 7.22. The maximum atomic E-state index is 4.71. The Morgan fingerprint density at radius 2 is 1.65 bits per heavy atom. The number of anilines is 1. The summed E-state index contributed by atoms with van der Waals surface area (Å²) in [5.74, 6) is 1.13. The Hall–Kier alpha value is -1.17. The molecule has 0 aromatic carbocycles. The fourth-order valence-corrected chi connectivity index (χ4v) is 3.43. The maximum Gasteiger partial charge on any atom is 0.128 e. The molecule has 2 aliphatic rings. The van der Waals surface area contributed by atoms with Crippen molar-refractivity contribution in [2.45, 2.75) is 26.4 Å². The van der Waals surface area contributed by atoms with E-state index in [4.69, 9.17) is 4.98 Å². The molecule has 5 heteroatoms. The van der Waals surface area contributed by atoms with Crippen LogP contribution in [0.5, 0.6) is 0 Å². The summed E-state index contributed by atoms with van der Waals surface area (Å²) in [6.07, 6.45) is 2.07. The van der Waals surface area contributed by atoms with E-state index in [0.29, 0.717) is 6.04 Å². The van der Waals surface area contributed by atoms with Crippen molar-refractivity contribution in [2.75, 3.05) is 64.3 Å². The van der Waals surface area contributed by atoms with Gasteiger partial charge < -0.3 is 9.80 Å². The van der Waals surface area contributed by atoms with Crippen LogP contribution in [0.1, 0.15) is 19.4 Å². The van der Waals surface area contributed by atoms with Crippen LogP contribution in [0.15, 0.2) is 18.3 Å². The highest BCUT2D eigenvalue weighted by atomic mass is 15.3. The Bertz CT molecular complexity index is 471. The molecule has 1 aromatic heterocycles. The van der Waals surface area contributed by atoms with E-state index in [9.17, 15) is 0 Å². The topological polar surface area (TPSA) is 25.9 Å². The summed E-state index contributed by atoms with van der Waals surface area (Å²) >= 11 is 0. The molecule has 0 unspecified atom stereocenters. The number of hydrogen-bond acceptors (Lipinski definition) is 5. The lowest BCUT2D eigenvalue weighted by Gasteiger charge is -2.37. The predicted molar refractivity (Wildman–Crippen MR) is 95.9 cm³/mol. The van der Waals surface area contributed by atoms with Gasteiger partial charge in [-0.2, -0.15) is 0 Å². The van der Waals surface area contributed by atoms with Crippen LogP contribution in [0.4, 0.5) is 5.82 Å². The molecule has 2 fully saturated rings. The van der Waals surface area contributed by atoms with Crippen molar-refractivity contribution < 1.29 is 0 Å². The van der Waals surface area contributed by atoms with Crippen LogP contribution in [-0.4, -0.2) is 85.1 Å². The third-order valence-corrected chi connectivity index (χ3v) is 5.18. The third kappa shape index (κ3) is 4.43. The number of pyridine rings is 1. The van der Waals surface area contributed by atoms with Crippen LogP contribution in [0, 0.1) is 0 Å². The summed E-state index contributed by atoms with van der Waals surface area (Å²) in [5.41, 5.74) is 1.33. The summed E-state index contributed by atoms with van der Waals surface area (Å²) < 4.78 is 0. The number of piperazine rings is 2. The minimum atomic E-state index is 0.668. The lowest BCUT2D eigenvalue weighted by molar-refractivity contribution is 0.104. The zero-order valence-electron chi connectivity index (χ0n) is 14.9. The van der Waals surface area contributed by atoms with Crippen molar-refractivity contribution in [1.82, 2.24) is 19.7 Å². The van der Waals surface area contributed by atoms with Crippen molar-refractivity contribution in [3.05, 3.63) is 23.9 Å². The SMILES string of the molecule is CC(C)N1CCN(Cc2ccc(N3CCN(C)CC3)nc2)CC1. The molecular weight excluding hydrogens is 286 g/mol.